The van der Waals surface area contributed by atoms with Crippen molar-refractivity contribution in [3.63, 3.8) is 0 Å². The van der Waals surface area contributed by atoms with E-state index in [1.807, 2.05) is 0 Å². The topological polar surface area (TPSA) is 57.6 Å². The maximum absolute atomic E-state index is 11.1. The van der Waals surface area contributed by atoms with Crippen LogP contribution in [0, 0.1) is 0 Å². The van der Waals surface area contributed by atoms with E-state index in [1.165, 1.54) is 25.7 Å². The number of Topliss-reactive ketones (excluding diaryl/α,β-unsaturated/α-hetero) is 1. The van der Waals surface area contributed by atoms with Gasteiger partial charge in [-0.2, -0.15) is 0 Å². The predicted octanol–water partition coefficient (Wildman–Crippen LogP) is 2.86. The van der Waals surface area contributed by atoms with Gasteiger partial charge in [-0.15, -0.1) is 0 Å². The third-order valence-corrected chi connectivity index (χ3v) is 3.78. The van der Waals surface area contributed by atoms with Gasteiger partial charge in [0.25, 0.3) is 0 Å². The van der Waals surface area contributed by atoms with Crippen LogP contribution in [0.5, 0.6) is 0 Å². The number of carbonyl (C=O) groups is 2. The molecule has 1 heterocycles. The van der Waals surface area contributed by atoms with Crippen LogP contribution in [0.1, 0.15) is 64.2 Å². The number of carboxylic acids is 1. The largest absolute Gasteiger partial charge is 0.481 e. The molecule has 0 bridgehead atoms. The van der Waals surface area contributed by atoms with Crippen molar-refractivity contribution in [3.05, 3.63) is 0 Å². The second-order valence-electron chi connectivity index (χ2n) is 5.50. The number of carboxylic acid groups (broad SMARTS) is 1. The van der Waals surface area contributed by atoms with Crippen LogP contribution in [0.4, 0.5) is 0 Å². The number of nitrogens with zero attached hydrogens (tertiary/aromatic N) is 1. The van der Waals surface area contributed by atoms with Crippen molar-refractivity contribution in [3.8, 4) is 0 Å². The number of likely N-dealkylation sites (tertiary alicyclic amines) is 1. The van der Waals surface area contributed by atoms with Crippen molar-refractivity contribution in [2.75, 3.05) is 19.6 Å². The molecule has 1 N–H and O–H groups in total. The Bertz CT molecular complexity index is 269. The van der Waals surface area contributed by atoms with Gasteiger partial charge in [0, 0.05) is 32.4 Å². The highest BCUT2D eigenvalue weighted by molar-refractivity contribution is 5.79. The van der Waals surface area contributed by atoms with Gasteiger partial charge in [0.15, 0.2) is 0 Å². The van der Waals surface area contributed by atoms with Crippen LogP contribution in [-0.4, -0.2) is 41.4 Å². The van der Waals surface area contributed by atoms with Gasteiger partial charge in [0.2, 0.25) is 0 Å². The summed E-state index contributed by atoms with van der Waals surface area (Å²) < 4.78 is 0. The summed E-state index contributed by atoms with van der Waals surface area (Å²) >= 11 is 0. The van der Waals surface area contributed by atoms with Crippen molar-refractivity contribution in [2.45, 2.75) is 64.2 Å². The van der Waals surface area contributed by atoms with Crippen LogP contribution < -0.4 is 0 Å². The molecular weight excluding hydrogens is 242 g/mol. The molecule has 4 nitrogen and oxygen atoms in total. The van der Waals surface area contributed by atoms with Crippen LogP contribution in [0.3, 0.4) is 0 Å². The molecule has 1 saturated heterocycles. The number of carbonyl (C=O) groups excluding carboxylic acids is 1. The minimum Gasteiger partial charge on any atom is -0.481 e. The molecule has 0 saturated carbocycles. The van der Waals surface area contributed by atoms with Crippen LogP contribution >= 0.6 is 0 Å². The zero-order valence-electron chi connectivity index (χ0n) is 11.9. The zero-order chi connectivity index (χ0) is 13.9. The lowest BCUT2D eigenvalue weighted by Gasteiger charge is -2.25. The minimum atomic E-state index is -0.681. The van der Waals surface area contributed by atoms with Gasteiger partial charge < -0.3 is 10.0 Å². The fourth-order valence-electron chi connectivity index (χ4n) is 2.52. The number of unbranched alkanes of at least 4 members (excludes halogenated alkanes) is 6. The van der Waals surface area contributed by atoms with Gasteiger partial charge in [-0.05, 0) is 19.4 Å². The molecule has 0 radical (unpaired) electrons. The number of rotatable bonds is 10. The second kappa shape index (κ2) is 9.96. The van der Waals surface area contributed by atoms with Crippen LogP contribution in [0.15, 0.2) is 0 Å². The molecule has 0 aromatic heterocycles. The summed E-state index contributed by atoms with van der Waals surface area (Å²) in [5.74, 6) is -0.266. The SMILES string of the molecule is O=C(O)CCCCCCCCCN1CCC(=O)CC1. The summed E-state index contributed by atoms with van der Waals surface area (Å²) in [6, 6.07) is 0. The predicted molar refractivity (Wildman–Crippen MR) is 75.3 cm³/mol. The summed E-state index contributed by atoms with van der Waals surface area (Å²) in [6.45, 7) is 3.04. The number of hydrogen-bond donors (Lipinski definition) is 1. The monoisotopic (exact) mass is 269 g/mol. The zero-order valence-corrected chi connectivity index (χ0v) is 11.9. The molecule has 1 fully saturated rings. The van der Waals surface area contributed by atoms with E-state index in [2.05, 4.69) is 4.90 Å². The third-order valence-electron chi connectivity index (χ3n) is 3.78. The molecule has 1 aliphatic heterocycles. The van der Waals surface area contributed by atoms with Crippen LogP contribution in [0.2, 0.25) is 0 Å². The van der Waals surface area contributed by atoms with Crippen molar-refractivity contribution < 1.29 is 14.7 Å². The summed E-state index contributed by atoms with van der Waals surface area (Å²) in [6.07, 6.45) is 9.76. The fraction of sp³-hybridized carbons (Fsp3) is 0.867. The Kier molecular flexibility index (Phi) is 8.47. The van der Waals surface area contributed by atoms with E-state index in [9.17, 15) is 9.59 Å². The number of hydrogen-bond acceptors (Lipinski definition) is 3. The smallest absolute Gasteiger partial charge is 0.303 e. The first-order chi connectivity index (χ1) is 9.18. The molecule has 0 aromatic rings. The Morgan fingerprint density at radius 2 is 1.47 bits per heavy atom. The molecule has 0 spiro atoms. The van der Waals surface area contributed by atoms with Gasteiger partial charge in [-0.25, -0.2) is 0 Å². The van der Waals surface area contributed by atoms with Crippen molar-refractivity contribution >= 4 is 11.8 Å². The molecule has 0 atom stereocenters. The van der Waals surface area contributed by atoms with Crippen LogP contribution in [0.25, 0.3) is 0 Å². The minimum absolute atomic E-state index is 0.313. The lowest BCUT2D eigenvalue weighted by atomic mass is 10.1. The Labute approximate surface area is 116 Å². The highest BCUT2D eigenvalue weighted by Crippen LogP contribution is 2.11. The first-order valence-electron chi connectivity index (χ1n) is 7.64. The second-order valence-corrected chi connectivity index (χ2v) is 5.50. The van der Waals surface area contributed by atoms with Gasteiger partial charge in [0.1, 0.15) is 5.78 Å². The molecule has 0 aliphatic carbocycles. The quantitative estimate of drug-likeness (QED) is 0.620. The molecule has 4 heteroatoms. The van der Waals surface area contributed by atoms with Gasteiger partial charge in [0.05, 0.1) is 0 Å². The van der Waals surface area contributed by atoms with Crippen molar-refractivity contribution in [2.24, 2.45) is 0 Å². The highest BCUT2D eigenvalue weighted by Gasteiger charge is 2.14. The Morgan fingerprint density at radius 3 is 2.05 bits per heavy atom. The number of ketones is 1. The standard InChI is InChI=1S/C15H27NO3/c17-14-9-12-16(13-10-14)11-7-5-3-1-2-4-6-8-15(18)19/h1-13H2,(H,18,19). The summed E-state index contributed by atoms with van der Waals surface area (Å²) in [4.78, 5) is 23.8. The van der Waals surface area contributed by atoms with E-state index in [0.717, 1.165) is 51.7 Å². The molecule has 110 valence electrons. The van der Waals surface area contributed by atoms with Gasteiger partial charge in [-0.1, -0.05) is 32.1 Å². The Hall–Kier alpha value is -0.900. The van der Waals surface area contributed by atoms with E-state index in [4.69, 9.17) is 5.11 Å². The van der Waals surface area contributed by atoms with Gasteiger partial charge >= 0.3 is 5.97 Å². The van der Waals surface area contributed by atoms with Gasteiger partial charge in [-0.3, -0.25) is 9.59 Å². The normalized spacial score (nSPS) is 16.7. The molecule has 19 heavy (non-hydrogen) atoms. The average Bonchev–Trinajstić information content (AvgIpc) is 2.38. The Balaban J connectivity index is 1.81. The lowest BCUT2D eigenvalue weighted by molar-refractivity contribution is -0.137. The Morgan fingerprint density at radius 1 is 0.947 bits per heavy atom. The van der Waals surface area contributed by atoms with E-state index >= 15 is 0 Å². The van der Waals surface area contributed by atoms with E-state index < -0.39 is 5.97 Å². The van der Waals surface area contributed by atoms with Crippen molar-refractivity contribution in [1.82, 2.24) is 4.90 Å². The van der Waals surface area contributed by atoms with E-state index in [1.54, 1.807) is 0 Å². The molecule has 1 aliphatic rings. The first-order valence-corrected chi connectivity index (χ1v) is 7.64. The van der Waals surface area contributed by atoms with E-state index in [-0.39, 0.29) is 0 Å². The lowest BCUT2D eigenvalue weighted by Crippen LogP contribution is -2.34. The molecule has 0 amide bonds. The fourth-order valence-corrected chi connectivity index (χ4v) is 2.52. The maximum Gasteiger partial charge on any atom is 0.303 e. The molecular formula is C15H27NO3. The average molecular weight is 269 g/mol. The summed E-state index contributed by atoms with van der Waals surface area (Å²) in [5, 5.41) is 8.50. The van der Waals surface area contributed by atoms with E-state index in [0.29, 0.717) is 12.2 Å². The number of aliphatic carboxylic acids is 1. The first kappa shape index (κ1) is 16.2. The summed E-state index contributed by atoms with van der Waals surface area (Å²) in [7, 11) is 0. The number of piperidine rings is 1. The maximum atomic E-state index is 11.1. The van der Waals surface area contributed by atoms with Crippen molar-refractivity contribution in [1.29, 1.82) is 0 Å². The summed E-state index contributed by atoms with van der Waals surface area (Å²) in [5.41, 5.74) is 0. The molecule has 0 aromatic carbocycles. The highest BCUT2D eigenvalue weighted by atomic mass is 16.4. The molecule has 0 unspecified atom stereocenters. The van der Waals surface area contributed by atoms with Crippen LogP contribution in [-0.2, 0) is 9.59 Å². The molecule has 1 rings (SSSR count). The third kappa shape index (κ3) is 8.76.